The maximum absolute atomic E-state index is 12.4. The van der Waals surface area contributed by atoms with Crippen LogP contribution in [0.5, 0.6) is 0 Å². The molecule has 3 N–H and O–H groups in total. The van der Waals surface area contributed by atoms with Crippen LogP contribution in [0.25, 0.3) is 10.8 Å². The first kappa shape index (κ1) is 16.0. The van der Waals surface area contributed by atoms with Crippen molar-refractivity contribution in [2.24, 2.45) is 17.6 Å². The van der Waals surface area contributed by atoms with Crippen molar-refractivity contribution in [2.75, 3.05) is 11.9 Å². The number of nitrogens with one attached hydrogen (secondary N) is 1. The highest BCUT2D eigenvalue weighted by atomic mass is 79.9. The summed E-state index contributed by atoms with van der Waals surface area (Å²) in [5.41, 5.74) is 6.58. The molecule has 0 saturated carbocycles. The van der Waals surface area contributed by atoms with Crippen LogP contribution in [0.3, 0.4) is 0 Å². The summed E-state index contributed by atoms with van der Waals surface area (Å²) in [7, 11) is 0. The SMILES string of the molecule is CC(C)CC(CN)C(=O)Nc1ccc(Br)c2ccccc12. The van der Waals surface area contributed by atoms with E-state index in [2.05, 4.69) is 35.1 Å². The molecule has 0 saturated heterocycles. The van der Waals surface area contributed by atoms with E-state index < -0.39 is 0 Å². The average molecular weight is 349 g/mol. The van der Waals surface area contributed by atoms with E-state index >= 15 is 0 Å². The smallest absolute Gasteiger partial charge is 0.228 e. The Morgan fingerprint density at radius 3 is 2.48 bits per heavy atom. The minimum atomic E-state index is -0.146. The van der Waals surface area contributed by atoms with Crippen molar-refractivity contribution in [3.8, 4) is 0 Å². The van der Waals surface area contributed by atoms with E-state index in [-0.39, 0.29) is 11.8 Å². The van der Waals surface area contributed by atoms with Crippen LogP contribution >= 0.6 is 15.9 Å². The quantitative estimate of drug-likeness (QED) is 0.852. The summed E-state index contributed by atoms with van der Waals surface area (Å²) in [6.45, 7) is 4.58. The van der Waals surface area contributed by atoms with Crippen molar-refractivity contribution in [1.82, 2.24) is 0 Å². The van der Waals surface area contributed by atoms with E-state index in [1.54, 1.807) is 0 Å². The van der Waals surface area contributed by atoms with Crippen molar-refractivity contribution in [3.05, 3.63) is 40.9 Å². The van der Waals surface area contributed by atoms with Crippen molar-refractivity contribution < 1.29 is 4.79 Å². The molecule has 0 radical (unpaired) electrons. The summed E-state index contributed by atoms with van der Waals surface area (Å²) < 4.78 is 1.02. The van der Waals surface area contributed by atoms with E-state index in [1.807, 2.05) is 36.4 Å². The summed E-state index contributed by atoms with van der Waals surface area (Å²) >= 11 is 3.54. The number of fused-ring (bicyclic) bond motifs is 1. The molecular weight excluding hydrogens is 328 g/mol. The number of nitrogens with two attached hydrogens (primary N) is 1. The van der Waals surface area contributed by atoms with Gasteiger partial charge in [-0.25, -0.2) is 0 Å². The standard InChI is InChI=1S/C17H21BrN2O/c1-11(2)9-12(10-19)17(21)20-16-8-7-15(18)13-5-3-4-6-14(13)16/h3-8,11-12H,9-10,19H2,1-2H3,(H,20,21). The monoisotopic (exact) mass is 348 g/mol. The van der Waals surface area contributed by atoms with Gasteiger partial charge in [-0.2, -0.15) is 0 Å². The van der Waals surface area contributed by atoms with Gasteiger partial charge in [-0.3, -0.25) is 4.79 Å². The van der Waals surface area contributed by atoms with Crippen LogP contribution in [0.1, 0.15) is 20.3 Å². The fourth-order valence-electron chi connectivity index (χ4n) is 2.49. The van der Waals surface area contributed by atoms with Crippen molar-refractivity contribution in [2.45, 2.75) is 20.3 Å². The van der Waals surface area contributed by atoms with Gasteiger partial charge in [-0.15, -0.1) is 0 Å². The fourth-order valence-corrected chi connectivity index (χ4v) is 2.96. The summed E-state index contributed by atoms with van der Waals surface area (Å²) in [5, 5.41) is 5.14. The molecule has 4 heteroatoms. The van der Waals surface area contributed by atoms with Gasteiger partial charge in [-0.05, 0) is 29.9 Å². The highest BCUT2D eigenvalue weighted by Crippen LogP contribution is 2.30. The molecule has 0 aliphatic rings. The Balaban J connectivity index is 2.27. The maximum atomic E-state index is 12.4. The number of carbonyl (C=O) groups is 1. The highest BCUT2D eigenvalue weighted by molar-refractivity contribution is 9.10. The lowest BCUT2D eigenvalue weighted by molar-refractivity contribution is -0.120. The molecule has 2 aromatic carbocycles. The lowest BCUT2D eigenvalue weighted by Gasteiger charge is -2.18. The summed E-state index contributed by atoms with van der Waals surface area (Å²) in [6.07, 6.45) is 0.802. The Morgan fingerprint density at radius 1 is 1.19 bits per heavy atom. The molecule has 3 nitrogen and oxygen atoms in total. The number of amides is 1. The predicted octanol–water partition coefficient (Wildman–Crippen LogP) is 4.16. The van der Waals surface area contributed by atoms with E-state index in [0.29, 0.717) is 12.5 Å². The Labute approximate surface area is 134 Å². The van der Waals surface area contributed by atoms with Crippen LogP contribution < -0.4 is 11.1 Å². The highest BCUT2D eigenvalue weighted by Gasteiger charge is 2.19. The van der Waals surface area contributed by atoms with Crippen molar-refractivity contribution >= 4 is 38.3 Å². The summed E-state index contributed by atoms with van der Waals surface area (Å²) in [6, 6.07) is 11.9. The van der Waals surface area contributed by atoms with E-state index in [9.17, 15) is 4.79 Å². The van der Waals surface area contributed by atoms with Crippen LogP contribution in [-0.4, -0.2) is 12.5 Å². The van der Waals surface area contributed by atoms with Gasteiger partial charge >= 0.3 is 0 Å². The predicted molar refractivity (Wildman–Crippen MR) is 92.3 cm³/mol. The van der Waals surface area contributed by atoms with Crippen LogP contribution in [-0.2, 0) is 4.79 Å². The molecule has 2 rings (SSSR count). The third-order valence-electron chi connectivity index (χ3n) is 3.54. The van der Waals surface area contributed by atoms with E-state index in [4.69, 9.17) is 5.73 Å². The van der Waals surface area contributed by atoms with Crippen LogP contribution in [0.4, 0.5) is 5.69 Å². The normalized spacial score (nSPS) is 12.6. The molecule has 0 spiro atoms. The third kappa shape index (κ3) is 3.83. The molecule has 2 aromatic rings. The van der Waals surface area contributed by atoms with Crippen molar-refractivity contribution in [1.29, 1.82) is 0 Å². The second kappa shape index (κ2) is 7.05. The molecular formula is C17H21BrN2O. The minimum absolute atomic E-state index is 0.00123. The first-order chi connectivity index (χ1) is 10.0. The summed E-state index contributed by atoms with van der Waals surface area (Å²) in [5.74, 6) is 0.303. The molecule has 21 heavy (non-hydrogen) atoms. The third-order valence-corrected chi connectivity index (χ3v) is 4.23. The van der Waals surface area contributed by atoms with E-state index in [1.165, 1.54) is 0 Å². The zero-order chi connectivity index (χ0) is 15.4. The molecule has 0 aliphatic heterocycles. The molecule has 0 aromatic heterocycles. The number of halogens is 1. The molecule has 1 amide bonds. The second-order valence-electron chi connectivity index (χ2n) is 5.69. The Hall–Kier alpha value is -1.39. The van der Waals surface area contributed by atoms with Gasteiger partial charge in [0, 0.05) is 22.1 Å². The van der Waals surface area contributed by atoms with E-state index in [0.717, 1.165) is 27.4 Å². The van der Waals surface area contributed by atoms with Crippen molar-refractivity contribution in [3.63, 3.8) is 0 Å². The van der Waals surface area contributed by atoms with Crippen LogP contribution in [0, 0.1) is 11.8 Å². The minimum Gasteiger partial charge on any atom is -0.330 e. The van der Waals surface area contributed by atoms with Crippen LogP contribution in [0.15, 0.2) is 40.9 Å². The summed E-state index contributed by atoms with van der Waals surface area (Å²) in [4.78, 5) is 12.4. The first-order valence-corrected chi connectivity index (χ1v) is 8.00. The largest absolute Gasteiger partial charge is 0.330 e. The Kier molecular flexibility index (Phi) is 5.37. The fraction of sp³-hybridized carbons (Fsp3) is 0.353. The molecule has 0 aliphatic carbocycles. The van der Waals surface area contributed by atoms with Gasteiger partial charge in [0.2, 0.25) is 5.91 Å². The van der Waals surface area contributed by atoms with Gasteiger partial charge in [0.05, 0.1) is 5.92 Å². The van der Waals surface area contributed by atoms with Gasteiger partial charge in [0.15, 0.2) is 0 Å². The molecule has 1 unspecified atom stereocenters. The molecule has 1 atom stereocenters. The zero-order valence-corrected chi connectivity index (χ0v) is 14.0. The number of benzene rings is 2. The van der Waals surface area contributed by atoms with Gasteiger partial charge in [0.1, 0.15) is 0 Å². The number of anilines is 1. The second-order valence-corrected chi connectivity index (χ2v) is 6.55. The lowest BCUT2D eigenvalue weighted by Crippen LogP contribution is -2.30. The molecule has 112 valence electrons. The Morgan fingerprint density at radius 2 is 1.86 bits per heavy atom. The van der Waals surface area contributed by atoms with Gasteiger partial charge in [0.25, 0.3) is 0 Å². The topological polar surface area (TPSA) is 55.1 Å². The van der Waals surface area contributed by atoms with Crippen LogP contribution in [0.2, 0.25) is 0 Å². The first-order valence-electron chi connectivity index (χ1n) is 7.21. The number of hydrogen-bond acceptors (Lipinski definition) is 2. The maximum Gasteiger partial charge on any atom is 0.228 e. The zero-order valence-electron chi connectivity index (χ0n) is 12.4. The number of carbonyl (C=O) groups excluding carboxylic acids is 1. The number of hydrogen-bond donors (Lipinski definition) is 2. The molecule has 0 heterocycles. The lowest BCUT2D eigenvalue weighted by atomic mass is 9.96. The Bertz CT molecular complexity index is 640. The molecule has 0 bridgehead atoms. The number of rotatable bonds is 5. The van der Waals surface area contributed by atoms with Gasteiger partial charge in [-0.1, -0.05) is 54.0 Å². The molecule has 0 fully saturated rings. The average Bonchev–Trinajstić information content (AvgIpc) is 2.47. The van der Waals surface area contributed by atoms with Gasteiger partial charge < -0.3 is 11.1 Å².